The summed E-state index contributed by atoms with van der Waals surface area (Å²) in [6, 6.07) is 9.58. The molecule has 28 heavy (non-hydrogen) atoms. The van der Waals surface area contributed by atoms with E-state index in [1.807, 2.05) is 0 Å². The molecule has 2 aromatic rings. The molecule has 0 spiro atoms. The Morgan fingerprint density at radius 3 is 2.68 bits per heavy atom. The van der Waals surface area contributed by atoms with Gasteiger partial charge in [-0.1, -0.05) is 30.0 Å². The summed E-state index contributed by atoms with van der Waals surface area (Å²) in [4.78, 5) is 24.7. The zero-order chi connectivity index (χ0) is 20.5. The number of fused-ring (bicyclic) bond motifs is 1. The highest BCUT2D eigenvalue weighted by atomic mass is 35.5. The van der Waals surface area contributed by atoms with Gasteiger partial charge in [0.05, 0.1) is 11.6 Å². The summed E-state index contributed by atoms with van der Waals surface area (Å²) in [6.45, 7) is 0. The van der Waals surface area contributed by atoms with E-state index >= 15 is 0 Å². The first-order chi connectivity index (χ1) is 13.1. The Morgan fingerprint density at radius 1 is 1.25 bits per heavy atom. The summed E-state index contributed by atoms with van der Waals surface area (Å²) in [7, 11) is 0. The molecule has 10 heteroatoms. The molecule has 0 aliphatic carbocycles. The van der Waals surface area contributed by atoms with Gasteiger partial charge in [0.15, 0.2) is 4.71 Å². The number of benzene rings is 2. The maximum atomic E-state index is 13.4. The number of para-hydroxylation sites is 1. The highest BCUT2D eigenvalue weighted by molar-refractivity contribution is 8.01. The van der Waals surface area contributed by atoms with E-state index in [-0.39, 0.29) is 22.7 Å². The number of halogens is 5. The van der Waals surface area contributed by atoms with E-state index in [0.29, 0.717) is 17.3 Å². The van der Waals surface area contributed by atoms with E-state index < -0.39 is 34.4 Å². The monoisotopic (exact) mass is 432 g/mol. The van der Waals surface area contributed by atoms with Crippen LogP contribution in [0.5, 0.6) is 0 Å². The maximum absolute atomic E-state index is 13.4. The van der Waals surface area contributed by atoms with Gasteiger partial charge < -0.3 is 10.6 Å². The molecule has 0 bridgehead atoms. The molecule has 2 aromatic carbocycles. The molecule has 2 unspecified atom stereocenters. The van der Waals surface area contributed by atoms with E-state index in [2.05, 4.69) is 10.6 Å². The molecule has 0 saturated heterocycles. The van der Waals surface area contributed by atoms with Gasteiger partial charge in [0.1, 0.15) is 5.82 Å². The first-order valence-corrected chi connectivity index (χ1v) is 9.33. The van der Waals surface area contributed by atoms with Gasteiger partial charge in [0.25, 0.3) is 0 Å². The van der Waals surface area contributed by atoms with Crippen LogP contribution in [0.4, 0.5) is 28.9 Å². The standard InChI is InChI=1S/C18H13ClF4N2O2S/c19-17(18(21,22)23)28-14-4-2-1-3-12(14)25-16(27)11-8-15(26)24-13-7-9(20)5-6-10(11)13/h1-7,11,17H,8H2,(H,24,26)(H,25,27). The largest absolute Gasteiger partial charge is 0.414 e. The third kappa shape index (κ3) is 4.59. The van der Waals surface area contributed by atoms with Gasteiger partial charge in [-0.05, 0) is 29.8 Å². The van der Waals surface area contributed by atoms with Gasteiger partial charge in [-0.2, -0.15) is 13.2 Å². The first kappa shape index (κ1) is 20.5. The number of hydrogen-bond donors (Lipinski definition) is 2. The fraction of sp³-hybridized carbons (Fsp3) is 0.222. The molecule has 0 aromatic heterocycles. The van der Waals surface area contributed by atoms with Gasteiger partial charge in [-0.15, -0.1) is 11.6 Å². The SMILES string of the molecule is O=C1CC(C(=O)Nc2ccccc2SC(Cl)C(F)(F)F)c2ccc(F)cc2N1. The summed E-state index contributed by atoms with van der Waals surface area (Å²) in [5.41, 5.74) is 0.758. The van der Waals surface area contributed by atoms with Crippen LogP contribution in [0.3, 0.4) is 0 Å². The van der Waals surface area contributed by atoms with Crippen molar-refractivity contribution in [1.29, 1.82) is 0 Å². The van der Waals surface area contributed by atoms with E-state index in [1.165, 1.54) is 30.3 Å². The third-order valence-electron chi connectivity index (χ3n) is 4.00. The number of hydrogen-bond acceptors (Lipinski definition) is 3. The summed E-state index contributed by atoms with van der Waals surface area (Å²) in [6.07, 6.45) is -4.78. The van der Waals surface area contributed by atoms with Crippen LogP contribution in [0, 0.1) is 5.82 Å². The lowest BCUT2D eigenvalue weighted by atomic mass is 9.89. The van der Waals surface area contributed by atoms with Crippen molar-refractivity contribution in [3.8, 4) is 0 Å². The van der Waals surface area contributed by atoms with E-state index in [1.54, 1.807) is 6.07 Å². The molecule has 0 radical (unpaired) electrons. The van der Waals surface area contributed by atoms with Gasteiger partial charge in [-0.3, -0.25) is 9.59 Å². The predicted octanol–water partition coefficient (Wildman–Crippen LogP) is 5.11. The van der Waals surface area contributed by atoms with Crippen molar-refractivity contribution in [3.63, 3.8) is 0 Å². The number of carbonyl (C=O) groups is 2. The van der Waals surface area contributed by atoms with Gasteiger partial charge in [0, 0.05) is 17.0 Å². The fourth-order valence-corrected chi connectivity index (χ4v) is 3.79. The number of thioether (sulfide) groups is 1. The minimum Gasteiger partial charge on any atom is -0.326 e. The Morgan fingerprint density at radius 2 is 1.96 bits per heavy atom. The number of nitrogens with one attached hydrogen (secondary N) is 2. The second kappa shape index (κ2) is 8.00. The van der Waals surface area contributed by atoms with Crippen molar-refractivity contribution >= 4 is 46.6 Å². The molecular formula is C18H13ClF4N2O2S. The van der Waals surface area contributed by atoms with Gasteiger partial charge in [0.2, 0.25) is 11.8 Å². The maximum Gasteiger partial charge on any atom is 0.414 e. The molecule has 0 saturated carbocycles. The molecule has 1 aliphatic rings. The molecule has 148 valence electrons. The van der Waals surface area contributed by atoms with Gasteiger partial charge in [-0.25, -0.2) is 4.39 Å². The quantitative estimate of drug-likeness (QED) is 0.401. The summed E-state index contributed by atoms with van der Waals surface area (Å²) in [5.74, 6) is -2.52. The predicted molar refractivity (Wildman–Crippen MR) is 99.0 cm³/mol. The van der Waals surface area contributed by atoms with Crippen LogP contribution >= 0.6 is 23.4 Å². The zero-order valence-corrected chi connectivity index (χ0v) is 15.6. The van der Waals surface area contributed by atoms with Crippen molar-refractivity contribution in [1.82, 2.24) is 0 Å². The van der Waals surface area contributed by atoms with Crippen LogP contribution in [0.15, 0.2) is 47.4 Å². The smallest absolute Gasteiger partial charge is 0.326 e. The van der Waals surface area contributed by atoms with Crippen molar-refractivity contribution < 1.29 is 27.2 Å². The number of carbonyl (C=O) groups excluding carboxylic acids is 2. The van der Waals surface area contributed by atoms with Crippen LogP contribution in [0.25, 0.3) is 0 Å². The third-order valence-corrected chi connectivity index (χ3v) is 5.60. The first-order valence-electron chi connectivity index (χ1n) is 8.02. The lowest BCUT2D eigenvalue weighted by Gasteiger charge is -2.25. The van der Waals surface area contributed by atoms with Crippen molar-refractivity contribution in [2.24, 2.45) is 0 Å². The molecule has 2 amide bonds. The average molecular weight is 433 g/mol. The van der Waals surface area contributed by atoms with Crippen molar-refractivity contribution in [2.75, 3.05) is 10.6 Å². The highest BCUT2D eigenvalue weighted by Gasteiger charge is 2.39. The van der Waals surface area contributed by atoms with Crippen molar-refractivity contribution in [2.45, 2.75) is 28.1 Å². The summed E-state index contributed by atoms with van der Waals surface area (Å²) >= 11 is 5.74. The van der Waals surface area contributed by atoms with Crippen LogP contribution in [0.1, 0.15) is 17.9 Å². The minimum absolute atomic E-state index is 0.132. The van der Waals surface area contributed by atoms with Crippen LogP contribution < -0.4 is 10.6 Å². The molecule has 2 atom stereocenters. The lowest BCUT2D eigenvalue weighted by molar-refractivity contribution is -0.123. The Kier molecular flexibility index (Phi) is 5.85. The van der Waals surface area contributed by atoms with Crippen LogP contribution in [-0.2, 0) is 9.59 Å². The molecule has 4 nitrogen and oxygen atoms in total. The summed E-state index contributed by atoms with van der Waals surface area (Å²) in [5, 5.41) is 5.05. The Bertz CT molecular complexity index is 923. The van der Waals surface area contributed by atoms with Crippen LogP contribution in [0.2, 0.25) is 0 Å². The number of amides is 2. The highest BCUT2D eigenvalue weighted by Crippen LogP contribution is 2.41. The molecular weight excluding hydrogens is 420 g/mol. The second-order valence-electron chi connectivity index (χ2n) is 6.00. The normalized spacial score (nSPS) is 17.5. The molecule has 1 aliphatic heterocycles. The topological polar surface area (TPSA) is 58.2 Å². The van der Waals surface area contributed by atoms with E-state index in [4.69, 9.17) is 11.6 Å². The Hall–Kier alpha value is -2.26. The molecule has 1 heterocycles. The molecule has 0 fully saturated rings. The molecule has 3 rings (SSSR count). The number of rotatable bonds is 4. The average Bonchev–Trinajstić information content (AvgIpc) is 2.61. The number of alkyl halides is 4. The van der Waals surface area contributed by atoms with Gasteiger partial charge >= 0.3 is 6.18 Å². The number of anilines is 2. The van der Waals surface area contributed by atoms with Crippen LogP contribution in [-0.4, -0.2) is 22.7 Å². The minimum atomic E-state index is -4.62. The van der Waals surface area contributed by atoms with E-state index in [0.717, 1.165) is 6.07 Å². The Balaban J connectivity index is 1.84. The van der Waals surface area contributed by atoms with Crippen molar-refractivity contribution in [3.05, 3.63) is 53.8 Å². The Labute approximate surface area is 166 Å². The van der Waals surface area contributed by atoms with E-state index in [9.17, 15) is 27.2 Å². The fourth-order valence-electron chi connectivity index (χ4n) is 2.74. The summed E-state index contributed by atoms with van der Waals surface area (Å²) < 4.78 is 49.5. The zero-order valence-electron chi connectivity index (χ0n) is 14.0. The molecule has 2 N–H and O–H groups in total. The second-order valence-corrected chi connectivity index (χ2v) is 7.84. The lowest BCUT2D eigenvalue weighted by Crippen LogP contribution is -2.31.